The Morgan fingerprint density at radius 1 is 1.03 bits per heavy atom. The molecule has 196 valence electrons. The Morgan fingerprint density at radius 3 is 2.36 bits per heavy atom. The number of piperazine rings is 1. The molecule has 1 heterocycles. The number of nitrogens with two attached hydrogens (primary N) is 1. The van der Waals surface area contributed by atoms with Gasteiger partial charge in [0.1, 0.15) is 0 Å². The number of rotatable bonds is 8. The smallest absolute Gasteiger partial charge is 0.367 e. The summed E-state index contributed by atoms with van der Waals surface area (Å²) in [7, 11) is 0. The van der Waals surface area contributed by atoms with Gasteiger partial charge in [-0.25, -0.2) is 8.78 Å². The van der Waals surface area contributed by atoms with Crippen molar-refractivity contribution in [1.82, 2.24) is 10.2 Å². The van der Waals surface area contributed by atoms with Gasteiger partial charge in [0.2, 0.25) is 5.91 Å². The second-order valence-corrected chi connectivity index (χ2v) is 8.63. The maximum Gasteiger partial charge on any atom is 0.390 e. The summed E-state index contributed by atoms with van der Waals surface area (Å²) in [6.07, 6.45) is -5.13. The van der Waals surface area contributed by atoms with E-state index in [0.717, 1.165) is 6.07 Å². The third-order valence-electron chi connectivity index (χ3n) is 5.70. The Hall–Kier alpha value is -2.96. The summed E-state index contributed by atoms with van der Waals surface area (Å²) in [4.78, 5) is 27.6. The molecule has 2 aromatic rings. The molecule has 0 spiro atoms. The van der Waals surface area contributed by atoms with Crippen molar-refractivity contribution >= 4 is 34.8 Å². The van der Waals surface area contributed by atoms with Crippen LogP contribution in [0.4, 0.5) is 33.3 Å². The molecule has 1 saturated heterocycles. The number of anilines is 2. The van der Waals surface area contributed by atoms with Gasteiger partial charge in [-0.2, -0.15) is 13.2 Å². The predicted octanol–water partition coefficient (Wildman–Crippen LogP) is 3.52. The highest BCUT2D eigenvalue weighted by molar-refractivity contribution is 6.31. The largest absolute Gasteiger partial charge is 0.390 e. The van der Waals surface area contributed by atoms with Gasteiger partial charge in [-0.3, -0.25) is 14.5 Å². The molecule has 3 rings (SSSR count). The van der Waals surface area contributed by atoms with E-state index in [1.165, 1.54) is 18.2 Å². The van der Waals surface area contributed by atoms with Crippen LogP contribution in [0.3, 0.4) is 0 Å². The monoisotopic (exact) mass is 533 g/mol. The maximum absolute atomic E-state index is 14.7. The van der Waals surface area contributed by atoms with E-state index in [2.05, 4.69) is 10.6 Å². The number of carbonyl (C=O) groups excluding carboxylic acids is 2. The zero-order valence-electron chi connectivity index (χ0n) is 19.1. The van der Waals surface area contributed by atoms with Gasteiger partial charge >= 0.3 is 6.18 Å². The molecule has 2 amide bonds. The van der Waals surface area contributed by atoms with E-state index in [4.69, 9.17) is 17.3 Å². The van der Waals surface area contributed by atoms with E-state index < -0.39 is 41.6 Å². The third-order valence-corrected chi connectivity index (χ3v) is 5.94. The van der Waals surface area contributed by atoms with Gasteiger partial charge in [0.25, 0.3) is 5.91 Å². The Morgan fingerprint density at radius 2 is 1.72 bits per heavy atom. The number of hydrogen-bond donors (Lipinski definition) is 3. The second-order valence-electron chi connectivity index (χ2n) is 8.19. The quantitative estimate of drug-likeness (QED) is 0.452. The number of carbonyl (C=O) groups is 2. The summed E-state index contributed by atoms with van der Waals surface area (Å²) in [6.45, 7) is 0.803. The predicted molar refractivity (Wildman–Crippen MR) is 126 cm³/mol. The van der Waals surface area contributed by atoms with Crippen LogP contribution in [0.2, 0.25) is 5.02 Å². The number of benzene rings is 2. The first-order valence-corrected chi connectivity index (χ1v) is 11.4. The average molecular weight is 534 g/mol. The van der Waals surface area contributed by atoms with Gasteiger partial charge in [0.15, 0.2) is 11.6 Å². The van der Waals surface area contributed by atoms with Crippen LogP contribution >= 0.6 is 11.6 Å². The molecule has 1 aliphatic rings. The van der Waals surface area contributed by atoms with Crippen LogP contribution in [0.5, 0.6) is 0 Å². The number of nitrogens with zero attached hydrogens (tertiary/aromatic N) is 2. The molecule has 1 fully saturated rings. The summed E-state index contributed by atoms with van der Waals surface area (Å²) in [5.41, 5.74) is 5.26. The zero-order chi connectivity index (χ0) is 26.5. The number of alkyl halides is 3. The van der Waals surface area contributed by atoms with Crippen LogP contribution in [-0.4, -0.2) is 62.2 Å². The van der Waals surface area contributed by atoms with Crippen molar-refractivity contribution in [1.29, 1.82) is 0 Å². The van der Waals surface area contributed by atoms with Crippen molar-refractivity contribution in [3.05, 3.63) is 58.1 Å². The molecule has 0 saturated carbocycles. The second kappa shape index (κ2) is 11.8. The Labute approximate surface area is 209 Å². The summed E-state index contributed by atoms with van der Waals surface area (Å²) in [5.74, 6) is -4.10. The molecule has 36 heavy (non-hydrogen) atoms. The van der Waals surface area contributed by atoms with Gasteiger partial charge in [0.05, 0.1) is 29.9 Å². The lowest BCUT2D eigenvalue weighted by molar-refractivity contribution is -0.138. The third kappa shape index (κ3) is 7.28. The number of nitrogens with one attached hydrogen (secondary N) is 2. The molecule has 0 unspecified atom stereocenters. The molecule has 13 heteroatoms. The van der Waals surface area contributed by atoms with Crippen LogP contribution < -0.4 is 21.3 Å². The summed E-state index contributed by atoms with van der Waals surface area (Å²) < 4.78 is 66.6. The van der Waals surface area contributed by atoms with Gasteiger partial charge in [0, 0.05) is 49.9 Å². The lowest BCUT2D eigenvalue weighted by atomic mass is 10.1. The fourth-order valence-electron chi connectivity index (χ4n) is 3.73. The lowest BCUT2D eigenvalue weighted by Gasteiger charge is -2.37. The molecule has 0 radical (unpaired) electrons. The standard InChI is InChI=1S/C23H25ClF5N5O2/c24-15-2-4-17(18(11-15)34-9-7-33(8-10-34)6-5-23(27,28)29)32-22(36)16-3-1-14(20(25)21(16)26)13-31-19(35)12-30/h1-4,11H,5-10,12-13,30H2,(H,31,35)(H,32,36). The van der Waals surface area contributed by atoms with Crippen LogP contribution in [0.15, 0.2) is 30.3 Å². The van der Waals surface area contributed by atoms with Crippen LogP contribution in [0.1, 0.15) is 22.3 Å². The fraction of sp³-hybridized carbons (Fsp3) is 0.391. The Bertz CT molecular complexity index is 1110. The molecular formula is C23H25ClF5N5O2. The van der Waals surface area contributed by atoms with Crippen LogP contribution in [0, 0.1) is 11.6 Å². The van der Waals surface area contributed by atoms with Crippen LogP contribution in [0.25, 0.3) is 0 Å². The molecule has 7 nitrogen and oxygen atoms in total. The van der Waals surface area contributed by atoms with E-state index in [1.54, 1.807) is 11.0 Å². The molecule has 4 N–H and O–H groups in total. The molecule has 0 aliphatic carbocycles. The SMILES string of the molecule is NCC(=O)NCc1ccc(C(=O)Nc2ccc(Cl)cc2N2CCN(CCC(F)(F)F)CC2)c(F)c1F. The highest BCUT2D eigenvalue weighted by atomic mass is 35.5. The number of hydrogen-bond acceptors (Lipinski definition) is 5. The lowest BCUT2D eigenvalue weighted by Crippen LogP contribution is -2.47. The molecule has 0 atom stereocenters. The summed E-state index contributed by atoms with van der Waals surface area (Å²) in [6, 6.07) is 6.90. The van der Waals surface area contributed by atoms with E-state index in [9.17, 15) is 31.5 Å². The molecule has 2 aromatic carbocycles. The van der Waals surface area contributed by atoms with Crippen molar-refractivity contribution in [2.24, 2.45) is 5.73 Å². The van der Waals surface area contributed by atoms with Gasteiger partial charge in [-0.15, -0.1) is 0 Å². The van der Waals surface area contributed by atoms with E-state index in [-0.39, 0.29) is 30.9 Å². The van der Waals surface area contributed by atoms with Crippen molar-refractivity contribution in [2.45, 2.75) is 19.1 Å². The fourth-order valence-corrected chi connectivity index (χ4v) is 3.89. The number of halogens is 6. The minimum Gasteiger partial charge on any atom is -0.367 e. The Kier molecular flexibility index (Phi) is 9.09. The Balaban J connectivity index is 1.71. The van der Waals surface area contributed by atoms with Gasteiger partial charge in [-0.1, -0.05) is 17.7 Å². The minimum absolute atomic E-state index is 0.104. The number of amides is 2. The average Bonchev–Trinajstić information content (AvgIpc) is 2.84. The van der Waals surface area contributed by atoms with Gasteiger partial charge < -0.3 is 21.3 Å². The first-order chi connectivity index (χ1) is 17.0. The summed E-state index contributed by atoms with van der Waals surface area (Å²) >= 11 is 6.12. The van der Waals surface area contributed by atoms with Crippen molar-refractivity contribution in [2.75, 3.05) is 49.5 Å². The van der Waals surface area contributed by atoms with Crippen LogP contribution in [-0.2, 0) is 11.3 Å². The zero-order valence-corrected chi connectivity index (χ0v) is 19.9. The molecule has 0 aromatic heterocycles. The molecule has 0 bridgehead atoms. The normalized spacial score (nSPS) is 14.6. The first kappa shape index (κ1) is 27.6. The van der Waals surface area contributed by atoms with Crippen molar-refractivity contribution < 1.29 is 31.5 Å². The van der Waals surface area contributed by atoms with Crippen molar-refractivity contribution in [3.8, 4) is 0 Å². The van der Waals surface area contributed by atoms with E-state index in [0.29, 0.717) is 36.9 Å². The molecule has 1 aliphatic heterocycles. The summed E-state index contributed by atoms with van der Waals surface area (Å²) in [5, 5.41) is 5.25. The topological polar surface area (TPSA) is 90.7 Å². The first-order valence-electron chi connectivity index (χ1n) is 11.1. The van der Waals surface area contributed by atoms with Crippen molar-refractivity contribution in [3.63, 3.8) is 0 Å². The van der Waals surface area contributed by atoms with E-state index >= 15 is 0 Å². The highest BCUT2D eigenvalue weighted by Crippen LogP contribution is 2.31. The minimum atomic E-state index is -4.23. The van der Waals surface area contributed by atoms with E-state index in [1.807, 2.05) is 4.90 Å². The molecular weight excluding hydrogens is 509 g/mol. The van der Waals surface area contributed by atoms with Gasteiger partial charge in [-0.05, 0) is 24.3 Å². The maximum atomic E-state index is 14.7. The highest BCUT2D eigenvalue weighted by Gasteiger charge is 2.29.